The van der Waals surface area contributed by atoms with Crippen molar-refractivity contribution in [3.8, 4) is 11.5 Å². The molecule has 128 valence electrons. The van der Waals surface area contributed by atoms with Crippen molar-refractivity contribution in [3.63, 3.8) is 0 Å². The van der Waals surface area contributed by atoms with Crippen molar-refractivity contribution in [2.75, 3.05) is 0 Å². The van der Waals surface area contributed by atoms with Crippen molar-refractivity contribution >= 4 is 20.5 Å². The molecule has 0 spiro atoms. The molecule has 0 aliphatic heterocycles. The van der Waals surface area contributed by atoms with Crippen LogP contribution in [0.4, 0.5) is 0 Å². The van der Waals surface area contributed by atoms with Crippen molar-refractivity contribution < 1.29 is 39.2 Å². The highest BCUT2D eigenvalue weighted by molar-refractivity contribution is 7.39. The van der Waals surface area contributed by atoms with Gasteiger partial charge >= 0.3 is 14.6 Å². The van der Waals surface area contributed by atoms with Gasteiger partial charge in [-0.05, 0) is 31.5 Å². The molecule has 1 aromatic carbocycles. The van der Waals surface area contributed by atoms with Gasteiger partial charge in [0.2, 0.25) is 0 Å². The van der Waals surface area contributed by atoms with E-state index in [-0.39, 0.29) is 12.2 Å². The van der Waals surface area contributed by atoms with E-state index in [9.17, 15) is 24.9 Å². The zero-order valence-corrected chi connectivity index (χ0v) is 13.3. The summed E-state index contributed by atoms with van der Waals surface area (Å²) in [5.74, 6) is -2.92. The number of carboxylic acid groups (broad SMARTS) is 1. The summed E-state index contributed by atoms with van der Waals surface area (Å²) in [7, 11) is -2.79. The van der Waals surface area contributed by atoms with Crippen LogP contribution in [0.5, 0.6) is 11.5 Å². The molecule has 0 fully saturated rings. The van der Waals surface area contributed by atoms with Gasteiger partial charge in [0.05, 0.1) is 0 Å². The molecule has 0 saturated carbocycles. The minimum absolute atomic E-state index is 0.155. The molecule has 1 unspecified atom stereocenters. The number of hydrogen-bond donors (Lipinski definition) is 6. The quantitative estimate of drug-likeness (QED) is 0.302. The van der Waals surface area contributed by atoms with Gasteiger partial charge in [0, 0.05) is 6.42 Å². The predicted octanol–water partition coefficient (Wildman–Crippen LogP) is 0.216. The molecule has 1 aromatic rings. The molecule has 6 N–H and O–H groups in total. The van der Waals surface area contributed by atoms with Crippen LogP contribution < -0.4 is 5.32 Å². The van der Waals surface area contributed by atoms with Crippen LogP contribution in [0.1, 0.15) is 19.4 Å². The first-order valence-corrected chi connectivity index (χ1v) is 7.61. The molecule has 0 radical (unpaired) electrons. The highest BCUT2D eigenvalue weighted by Crippen LogP contribution is 2.32. The van der Waals surface area contributed by atoms with Crippen LogP contribution in [-0.4, -0.2) is 48.6 Å². The number of rotatable bonds is 7. The molecule has 0 saturated heterocycles. The largest absolute Gasteiger partial charge is 0.504 e. The minimum Gasteiger partial charge on any atom is -0.504 e. The van der Waals surface area contributed by atoms with Gasteiger partial charge in [-0.2, -0.15) is 0 Å². The minimum atomic E-state index is -2.79. The molecule has 10 heteroatoms. The van der Waals surface area contributed by atoms with Gasteiger partial charge in [0.15, 0.2) is 11.5 Å². The molecule has 0 heterocycles. The number of carboxylic acids is 1. The van der Waals surface area contributed by atoms with Gasteiger partial charge in [0.1, 0.15) is 11.6 Å². The van der Waals surface area contributed by atoms with Gasteiger partial charge in [-0.3, -0.25) is 9.32 Å². The predicted molar refractivity (Wildman–Crippen MR) is 79.6 cm³/mol. The van der Waals surface area contributed by atoms with E-state index in [2.05, 4.69) is 9.84 Å². The fourth-order valence-corrected chi connectivity index (χ4v) is 2.20. The highest BCUT2D eigenvalue weighted by Gasteiger charge is 2.34. The van der Waals surface area contributed by atoms with E-state index in [1.54, 1.807) is 0 Å². The normalized spacial score (nSPS) is 12.9. The van der Waals surface area contributed by atoms with E-state index in [4.69, 9.17) is 9.79 Å². The van der Waals surface area contributed by atoms with Crippen molar-refractivity contribution in [1.82, 2.24) is 5.32 Å². The molecule has 9 nitrogen and oxygen atoms in total. The molecular formula is C13H18NO8P. The van der Waals surface area contributed by atoms with Crippen LogP contribution in [0.25, 0.3) is 0 Å². The number of nitrogens with one attached hydrogen (secondary N) is 1. The lowest BCUT2D eigenvalue weighted by atomic mass is 10.0. The smallest absolute Gasteiger partial charge is 0.328 e. The second kappa shape index (κ2) is 7.56. The lowest BCUT2D eigenvalue weighted by molar-refractivity contribution is -0.145. The number of aromatic hydroxyl groups is 2. The Hall–Kier alpha value is -1.93. The molecular weight excluding hydrogens is 329 g/mol. The van der Waals surface area contributed by atoms with Gasteiger partial charge in [-0.25, -0.2) is 4.79 Å². The van der Waals surface area contributed by atoms with E-state index in [0.717, 1.165) is 0 Å². The summed E-state index contributed by atoms with van der Waals surface area (Å²) < 4.78 is 4.66. The summed E-state index contributed by atoms with van der Waals surface area (Å²) in [6.07, 6.45) is -0.155. The Labute approximate surface area is 133 Å². The number of aliphatic carboxylic acids is 1. The number of benzene rings is 1. The zero-order chi connectivity index (χ0) is 17.8. The molecule has 1 amide bonds. The number of carbonyl (C=O) groups excluding carboxylic acids is 1. The van der Waals surface area contributed by atoms with Crippen LogP contribution >= 0.6 is 8.60 Å². The maximum atomic E-state index is 12.0. The Morgan fingerprint density at radius 2 is 1.87 bits per heavy atom. The first-order valence-electron chi connectivity index (χ1n) is 6.44. The highest BCUT2D eigenvalue weighted by atomic mass is 31.2. The summed E-state index contributed by atoms with van der Waals surface area (Å²) in [4.78, 5) is 40.9. The van der Waals surface area contributed by atoms with E-state index in [1.165, 1.54) is 32.0 Å². The fourth-order valence-electron chi connectivity index (χ4n) is 1.71. The second-order valence-electron chi connectivity index (χ2n) is 5.25. The van der Waals surface area contributed by atoms with Crippen LogP contribution in [0.15, 0.2) is 18.2 Å². The number of phenols is 2. The van der Waals surface area contributed by atoms with E-state index in [1.807, 2.05) is 0 Å². The summed E-state index contributed by atoms with van der Waals surface area (Å²) in [5.41, 5.74) is -1.27. The first kappa shape index (κ1) is 19.1. The Balaban J connectivity index is 2.85. The lowest BCUT2D eigenvalue weighted by Gasteiger charge is -2.26. The average Bonchev–Trinajstić information content (AvgIpc) is 2.40. The third-order valence-electron chi connectivity index (χ3n) is 2.94. The summed E-state index contributed by atoms with van der Waals surface area (Å²) in [5, 5.41) is 30.0. The molecule has 23 heavy (non-hydrogen) atoms. The summed E-state index contributed by atoms with van der Waals surface area (Å²) in [6.45, 7) is 2.52. The Morgan fingerprint density at radius 3 is 2.35 bits per heavy atom. The standard InChI is InChI=1S/C13H18NO8P/c1-13(2,22-23(20)21)12(19)14-8(11(17)18)5-7-3-4-9(15)10(16)6-7/h3-4,6,8,15-16,20-21H,5H2,1-2H3,(H,14,19)(H,17,18). The number of amides is 1. The van der Waals surface area contributed by atoms with E-state index >= 15 is 0 Å². The molecule has 1 rings (SSSR count). The average molecular weight is 347 g/mol. The van der Waals surface area contributed by atoms with Crippen LogP contribution in [-0.2, 0) is 20.5 Å². The van der Waals surface area contributed by atoms with Crippen molar-refractivity contribution in [2.24, 2.45) is 0 Å². The van der Waals surface area contributed by atoms with Gasteiger partial charge in [0.25, 0.3) is 5.91 Å². The van der Waals surface area contributed by atoms with Crippen LogP contribution in [0.2, 0.25) is 0 Å². The number of phenolic OH excluding ortho intramolecular Hbond substituents is 2. The van der Waals surface area contributed by atoms with E-state index in [0.29, 0.717) is 5.56 Å². The second-order valence-corrected chi connectivity index (χ2v) is 5.93. The topological polar surface area (TPSA) is 157 Å². The van der Waals surface area contributed by atoms with Crippen LogP contribution in [0.3, 0.4) is 0 Å². The first-order chi connectivity index (χ1) is 10.5. The summed E-state index contributed by atoms with van der Waals surface area (Å²) >= 11 is 0. The zero-order valence-electron chi connectivity index (χ0n) is 12.4. The maximum Gasteiger partial charge on any atom is 0.328 e. The number of hydrogen-bond acceptors (Lipinski definition) is 7. The number of carbonyl (C=O) groups is 2. The van der Waals surface area contributed by atoms with Crippen molar-refractivity contribution in [1.29, 1.82) is 0 Å². The van der Waals surface area contributed by atoms with Crippen molar-refractivity contribution in [2.45, 2.75) is 31.9 Å². The molecule has 0 bridgehead atoms. The monoisotopic (exact) mass is 347 g/mol. The SMILES string of the molecule is CC(C)(OP(O)O)C(=O)NC(Cc1ccc(O)c(O)c1)C(=O)O. The Kier molecular flexibility index (Phi) is 6.28. The van der Waals surface area contributed by atoms with Gasteiger partial charge < -0.3 is 30.4 Å². The van der Waals surface area contributed by atoms with E-state index < -0.39 is 37.9 Å². The molecule has 0 aliphatic carbocycles. The Morgan fingerprint density at radius 1 is 1.26 bits per heavy atom. The van der Waals surface area contributed by atoms with Crippen LogP contribution in [0, 0.1) is 0 Å². The van der Waals surface area contributed by atoms with Gasteiger partial charge in [-0.1, -0.05) is 6.07 Å². The molecule has 1 atom stereocenters. The lowest BCUT2D eigenvalue weighted by Crippen LogP contribution is -2.51. The summed E-state index contributed by atoms with van der Waals surface area (Å²) in [6, 6.07) is 2.44. The maximum absolute atomic E-state index is 12.0. The molecule has 0 aliphatic rings. The van der Waals surface area contributed by atoms with Crippen molar-refractivity contribution in [3.05, 3.63) is 23.8 Å². The molecule has 0 aromatic heterocycles. The van der Waals surface area contributed by atoms with Gasteiger partial charge in [-0.15, -0.1) is 0 Å². The third kappa shape index (κ3) is 5.65. The third-order valence-corrected chi connectivity index (χ3v) is 3.56. The Bertz CT molecular complexity index is 589. The fraction of sp³-hybridized carbons (Fsp3) is 0.385.